The van der Waals surface area contributed by atoms with Crippen molar-refractivity contribution in [3.8, 4) is 17.6 Å². The van der Waals surface area contributed by atoms with Crippen LogP contribution < -0.4 is 4.74 Å². The number of benzene rings is 3. The lowest BCUT2D eigenvalue weighted by atomic mass is 9.88. The van der Waals surface area contributed by atoms with Crippen LogP contribution in [0.2, 0.25) is 5.02 Å². The van der Waals surface area contributed by atoms with Gasteiger partial charge in [-0.05, 0) is 59.9 Å². The molecule has 3 aromatic carbocycles. The number of carboxylic acid groups (broad SMARTS) is 1. The van der Waals surface area contributed by atoms with Crippen molar-refractivity contribution in [2.24, 2.45) is 5.92 Å². The van der Waals surface area contributed by atoms with E-state index in [0.717, 1.165) is 11.1 Å². The summed E-state index contributed by atoms with van der Waals surface area (Å²) < 4.78 is 11.5. The first-order chi connectivity index (χ1) is 16.8. The van der Waals surface area contributed by atoms with E-state index in [1.165, 1.54) is 0 Å². The van der Waals surface area contributed by atoms with Gasteiger partial charge in [0, 0.05) is 17.0 Å². The van der Waals surface area contributed by atoms with Gasteiger partial charge >= 0.3 is 11.9 Å². The van der Waals surface area contributed by atoms with Crippen molar-refractivity contribution in [2.75, 3.05) is 0 Å². The summed E-state index contributed by atoms with van der Waals surface area (Å²) in [6.45, 7) is 3.84. The maximum atomic E-state index is 13.0. The van der Waals surface area contributed by atoms with Crippen LogP contribution >= 0.6 is 11.6 Å². The quantitative estimate of drug-likeness (QED) is 0.317. The predicted octanol–water partition coefficient (Wildman–Crippen LogP) is 6.70. The number of halogens is 1. The highest BCUT2D eigenvalue weighted by Gasteiger charge is 2.29. The Morgan fingerprint density at radius 2 is 1.66 bits per heavy atom. The van der Waals surface area contributed by atoms with Gasteiger partial charge in [-0.2, -0.15) is 5.26 Å². The standard InChI is InChI=1S/C28H26ClNO5/c1-18(2)27(20-9-11-22(29)12-10-20)28(33)35-25(17-30)21-4-3-5-24(16-21)34-23-13-6-19(7-14-23)8-15-26(31)32/h3-7,9-14,16,18,25,27H,8,15H2,1-2H3,(H,31,32)/t25-,27-/m1/s1. The van der Waals surface area contributed by atoms with Gasteiger partial charge in [-0.3, -0.25) is 9.59 Å². The Labute approximate surface area is 209 Å². The number of ether oxygens (including phenoxy) is 2. The van der Waals surface area contributed by atoms with Crippen LogP contribution in [0.1, 0.15) is 49.0 Å². The Bertz CT molecular complexity index is 1200. The average molecular weight is 492 g/mol. The second-order valence-electron chi connectivity index (χ2n) is 8.43. The van der Waals surface area contributed by atoms with Crippen molar-refractivity contribution in [1.29, 1.82) is 5.26 Å². The number of hydrogen-bond acceptors (Lipinski definition) is 5. The molecule has 3 rings (SSSR count). The second-order valence-corrected chi connectivity index (χ2v) is 8.87. The molecule has 0 aromatic heterocycles. The van der Waals surface area contributed by atoms with Crippen molar-refractivity contribution >= 4 is 23.5 Å². The minimum Gasteiger partial charge on any atom is -0.481 e. The van der Waals surface area contributed by atoms with Gasteiger partial charge < -0.3 is 14.6 Å². The molecule has 6 nitrogen and oxygen atoms in total. The van der Waals surface area contributed by atoms with E-state index in [0.29, 0.717) is 28.5 Å². The SMILES string of the molecule is CC(C)[C@@H](C(=O)O[C@H](C#N)c1cccc(Oc2ccc(CCC(=O)O)cc2)c1)c1ccc(Cl)cc1. The molecule has 0 heterocycles. The zero-order valence-electron chi connectivity index (χ0n) is 19.5. The molecular formula is C28H26ClNO5. The third-order valence-electron chi connectivity index (χ3n) is 5.45. The summed E-state index contributed by atoms with van der Waals surface area (Å²) in [6, 6.07) is 23.0. The first-order valence-electron chi connectivity index (χ1n) is 11.2. The van der Waals surface area contributed by atoms with Gasteiger partial charge in [0.1, 0.15) is 17.6 Å². The van der Waals surface area contributed by atoms with Gasteiger partial charge in [-0.25, -0.2) is 0 Å². The maximum Gasteiger partial charge on any atom is 0.315 e. The normalized spacial score (nSPS) is 12.4. The summed E-state index contributed by atoms with van der Waals surface area (Å²) in [5.74, 6) is -0.872. The fraction of sp³-hybridized carbons (Fsp3) is 0.250. The van der Waals surface area contributed by atoms with Crippen LogP contribution in [0.15, 0.2) is 72.8 Å². The van der Waals surface area contributed by atoms with Gasteiger partial charge in [0.05, 0.1) is 5.92 Å². The van der Waals surface area contributed by atoms with Crippen LogP contribution in [-0.4, -0.2) is 17.0 Å². The molecule has 0 fully saturated rings. The van der Waals surface area contributed by atoms with Crippen molar-refractivity contribution < 1.29 is 24.2 Å². The van der Waals surface area contributed by atoms with E-state index in [9.17, 15) is 14.9 Å². The summed E-state index contributed by atoms with van der Waals surface area (Å²) in [4.78, 5) is 23.8. The fourth-order valence-electron chi connectivity index (χ4n) is 3.67. The lowest BCUT2D eigenvalue weighted by Crippen LogP contribution is -2.22. The fourth-order valence-corrected chi connectivity index (χ4v) is 3.80. The van der Waals surface area contributed by atoms with E-state index in [1.807, 2.05) is 26.0 Å². The number of hydrogen-bond donors (Lipinski definition) is 1. The highest BCUT2D eigenvalue weighted by atomic mass is 35.5. The number of rotatable bonds is 10. The van der Waals surface area contributed by atoms with Crippen LogP contribution in [0.4, 0.5) is 0 Å². The summed E-state index contributed by atoms with van der Waals surface area (Å²) in [5, 5.41) is 19.1. The molecule has 0 unspecified atom stereocenters. The molecule has 0 aliphatic carbocycles. The first kappa shape index (κ1) is 25.8. The van der Waals surface area contributed by atoms with Crippen LogP contribution in [0, 0.1) is 17.2 Å². The van der Waals surface area contributed by atoms with Gasteiger partial charge in [0.25, 0.3) is 0 Å². The summed E-state index contributed by atoms with van der Waals surface area (Å²) in [7, 11) is 0. The van der Waals surface area contributed by atoms with Crippen molar-refractivity contribution in [1.82, 2.24) is 0 Å². The molecule has 0 bridgehead atoms. The van der Waals surface area contributed by atoms with Gasteiger partial charge in [-0.1, -0.05) is 61.8 Å². The van der Waals surface area contributed by atoms with E-state index in [-0.39, 0.29) is 12.3 Å². The van der Waals surface area contributed by atoms with E-state index >= 15 is 0 Å². The molecule has 180 valence electrons. The van der Waals surface area contributed by atoms with Crippen molar-refractivity contribution in [2.45, 2.75) is 38.7 Å². The third kappa shape index (κ3) is 7.33. The molecule has 0 radical (unpaired) electrons. The highest BCUT2D eigenvalue weighted by Crippen LogP contribution is 2.31. The molecule has 2 atom stereocenters. The van der Waals surface area contributed by atoms with Gasteiger partial charge in [-0.15, -0.1) is 0 Å². The third-order valence-corrected chi connectivity index (χ3v) is 5.70. The average Bonchev–Trinajstić information content (AvgIpc) is 2.83. The van der Waals surface area contributed by atoms with Gasteiger partial charge in [0.15, 0.2) is 0 Å². The van der Waals surface area contributed by atoms with Crippen molar-refractivity contribution in [3.05, 3.63) is 94.5 Å². The number of carboxylic acids is 1. The van der Waals surface area contributed by atoms with Crippen LogP contribution in [0.25, 0.3) is 0 Å². The minimum atomic E-state index is -1.10. The maximum absolute atomic E-state index is 13.0. The van der Waals surface area contributed by atoms with Crippen LogP contribution in [0.5, 0.6) is 11.5 Å². The summed E-state index contributed by atoms with van der Waals surface area (Å²) in [6.07, 6.45) is -0.599. The number of nitrogens with zero attached hydrogens (tertiary/aromatic N) is 1. The Balaban J connectivity index is 1.72. The Morgan fingerprint density at radius 3 is 2.26 bits per heavy atom. The molecule has 0 aliphatic rings. The molecular weight excluding hydrogens is 466 g/mol. The molecule has 35 heavy (non-hydrogen) atoms. The smallest absolute Gasteiger partial charge is 0.315 e. The van der Waals surface area contributed by atoms with E-state index in [4.69, 9.17) is 26.2 Å². The number of nitriles is 1. The first-order valence-corrected chi connectivity index (χ1v) is 11.6. The Hall–Kier alpha value is -3.82. The topological polar surface area (TPSA) is 96.6 Å². The number of carbonyl (C=O) groups excluding carboxylic acids is 1. The lowest BCUT2D eigenvalue weighted by Gasteiger charge is -2.22. The number of aryl methyl sites for hydroxylation is 1. The van der Waals surface area contributed by atoms with E-state index in [1.54, 1.807) is 60.7 Å². The number of aliphatic carboxylic acids is 1. The molecule has 0 spiro atoms. The summed E-state index contributed by atoms with van der Waals surface area (Å²) >= 11 is 5.98. The van der Waals surface area contributed by atoms with Crippen LogP contribution in [0.3, 0.4) is 0 Å². The van der Waals surface area contributed by atoms with E-state index < -0.39 is 24.0 Å². The summed E-state index contributed by atoms with van der Waals surface area (Å²) in [5.41, 5.74) is 2.16. The van der Waals surface area contributed by atoms with Crippen LogP contribution in [-0.2, 0) is 20.7 Å². The predicted molar refractivity (Wildman–Crippen MR) is 132 cm³/mol. The minimum absolute atomic E-state index is 0.0452. The Kier molecular flexibility index (Phi) is 8.88. The molecule has 7 heteroatoms. The lowest BCUT2D eigenvalue weighted by molar-refractivity contribution is -0.150. The highest BCUT2D eigenvalue weighted by molar-refractivity contribution is 6.30. The molecule has 1 N–H and O–H groups in total. The second kappa shape index (κ2) is 12.0. The molecule has 0 saturated carbocycles. The molecule has 3 aromatic rings. The number of esters is 1. The monoisotopic (exact) mass is 491 g/mol. The zero-order chi connectivity index (χ0) is 25.4. The molecule has 0 saturated heterocycles. The molecule has 0 amide bonds. The largest absolute Gasteiger partial charge is 0.481 e. The van der Waals surface area contributed by atoms with E-state index in [2.05, 4.69) is 6.07 Å². The zero-order valence-corrected chi connectivity index (χ0v) is 20.2. The van der Waals surface area contributed by atoms with Crippen molar-refractivity contribution in [3.63, 3.8) is 0 Å². The molecule has 0 aliphatic heterocycles. The number of carbonyl (C=O) groups is 2. The Morgan fingerprint density at radius 1 is 0.971 bits per heavy atom. The van der Waals surface area contributed by atoms with Gasteiger partial charge in [0.2, 0.25) is 6.10 Å².